The fraction of sp³-hybridized carbons (Fsp3) is 0.316. The second-order valence-corrected chi connectivity index (χ2v) is 7.00. The molecule has 1 aromatic carbocycles. The fourth-order valence-corrected chi connectivity index (χ4v) is 2.82. The summed E-state index contributed by atoms with van der Waals surface area (Å²) in [7, 11) is 3.38. The van der Waals surface area contributed by atoms with Crippen LogP contribution in [0.3, 0.4) is 0 Å². The molecule has 0 saturated carbocycles. The molecule has 0 aliphatic rings. The molecule has 0 spiro atoms. The van der Waals surface area contributed by atoms with Gasteiger partial charge < -0.3 is 15.5 Å². The van der Waals surface area contributed by atoms with Gasteiger partial charge in [-0.1, -0.05) is 18.2 Å². The van der Waals surface area contributed by atoms with Crippen LogP contribution >= 0.6 is 35.7 Å². The number of guanidine groups is 1. The van der Waals surface area contributed by atoms with Crippen LogP contribution in [-0.4, -0.2) is 54.7 Å². The number of nitrogens with zero attached hydrogens (tertiary/aromatic N) is 3. The normalized spacial score (nSPS) is 10.8. The molecule has 1 amide bonds. The van der Waals surface area contributed by atoms with Crippen LogP contribution in [0.15, 0.2) is 58.5 Å². The van der Waals surface area contributed by atoms with E-state index in [4.69, 9.17) is 0 Å². The maximum atomic E-state index is 13.7. The zero-order valence-corrected chi connectivity index (χ0v) is 19.0. The number of carbonyl (C=O) groups excluding carboxylic acids is 1. The van der Waals surface area contributed by atoms with Gasteiger partial charge in [0.2, 0.25) is 5.91 Å². The first-order valence-electron chi connectivity index (χ1n) is 8.56. The molecule has 9 heteroatoms. The number of nitrogens with one attached hydrogen (secondary N) is 2. The van der Waals surface area contributed by atoms with E-state index in [0.29, 0.717) is 12.5 Å². The van der Waals surface area contributed by atoms with Crippen LogP contribution in [0.2, 0.25) is 0 Å². The molecule has 0 fully saturated rings. The van der Waals surface area contributed by atoms with Crippen LogP contribution in [0.5, 0.6) is 0 Å². The number of pyridine rings is 1. The Bertz CT molecular complexity index is 761. The minimum absolute atomic E-state index is 0. The highest BCUT2D eigenvalue weighted by atomic mass is 127. The summed E-state index contributed by atoms with van der Waals surface area (Å²) in [5.74, 6) is 0.797. The second-order valence-electron chi connectivity index (χ2n) is 5.83. The summed E-state index contributed by atoms with van der Waals surface area (Å²) in [5, 5.41) is 6.15. The molecule has 2 rings (SSSR count). The van der Waals surface area contributed by atoms with Crippen molar-refractivity contribution in [3.8, 4) is 0 Å². The molecule has 0 atom stereocenters. The Kier molecular flexibility index (Phi) is 11.5. The Labute approximate surface area is 186 Å². The smallest absolute Gasteiger partial charge is 0.241 e. The number of halogens is 2. The molecular formula is C19H25FIN5OS. The topological polar surface area (TPSA) is 69.6 Å². The molecule has 2 N–H and O–H groups in total. The maximum absolute atomic E-state index is 13.7. The number of amides is 1. The molecule has 0 bridgehead atoms. The number of hydrogen-bond acceptors (Lipinski definition) is 4. The van der Waals surface area contributed by atoms with Crippen LogP contribution < -0.4 is 10.6 Å². The average Bonchev–Trinajstić information content (AvgIpc) is 2.68. The van der Waals surface area contributed by atoms with E-state index in [0.717, 1.165) is 5.75 Å². The zero-order chi connectivity index (χ0) is 19.5. The molecule has 28 heavy (non-hydrogen) atoms. The van der Waals surface area contributed by atoms with E-state index in [1.807, 2.05) is 18.2 Å². The number of aliphatic imine (C=N–C) groups is 1. The standard InChI is InChI=1S/C19H24FN5OS.HI/c1-25(2)18(26)14-24-19(23-13-17-16(20)9-6-10-21-17)22-11-12-27-15-7-4-3-5-8-15;/h3-10H,11-14H2,1-2H3,(H2,22,23,24);1H. The number of likely N-dealkylation sites (N-methyl/N-ethyl adjacent to an activating group) is 1. The van der Waals surface area contributed by atoms with Crippen molar-refractivity contribution in [3.63, 3.8) is 0 Å². The number of carbonyl (C=O) groups is 1. The third kappa shape index (κ3) is 8.87. The molecule has 1 heterocycles. The van der Waals surface area contributed by atoms with E-state index in [1.54, 1.807) is 25.9 Å². The number of rotatable bonds is 8. The third-order valence-corrected chi connectivity index (χ3v) is 4.55. The summed E-state index contributed by atoms with van der Waals surface area (Å²) >= 11 is 1.72. The van der Waals surface area contributed by atoms with Crippen molar-refractivity contribution < 1.29 is 9.18 Å². The highest BCUT2D eigenvalue weighted by Gasteiger charge is 2.07. The van der Waals surface area contributed by atoms with E-state index in [9.17, 15) is 9.18 Å². The van der Waals surface area contributed by atoms with Crippen molar-refractivity contribution in [2.75, 3.05) is 32.9 Å². The van der Waals surface area contributed by atoms with E-state index in [1.165, 1.54) is 28.1 Å². The third-order valence-electron chi connectivity index (χ3n) is 3.53. The lowest BCUT2D eigenvalue weighted by Crippen LogP contribution is -2.43. The largest absolute Gasteiger partial charge is 0.356 e. The van der Waals surface area contributed by atoms with Crippen molar-refractivity contribution >= 4 is 47.6 Å². The van der Waals surface area contributed by atoms with Gasteiger partial charge in [-0.25, -0.2) is 9.38 Å². The molecule has 0 aliphatic carbocycles. The predicted octanol–water partition coefficient (Wildman–Crippen LogP) is 2.75. The van der Waals surface area contributed by atoms with Gasteiger partial charge in [-0.3, -0.25) is 9.78 Å². The Morgan fingerprint density at radius 3 is 2.61 bits per heavy atom. The lowest BCUT2D eigenvalue weighted by molar-refractivity contribution is -0.127. The first kappa shape index (κ1) is 24.2. The Morgan fingerprint density at radius 1 is 1.18 bits per heavy atom. The second kappa shape index (κ2) is 13.3. The van der Waals surface area contributed by atoms with Crippen molar-refractivity contribution in [2.24, 2.45) is 4.99 Å². The summed E-state index contributed by atoms with van der Waals surface area (Å²) in [5.41, 5.74) is 0.260. The van der Waals surface area contributed by atoms with Gasteiger partial charge in [0, 0.05) is 37.5 Å². The minimum Gasteiger partial charge on any atom is -0.356 e. The molecule has 1 aromatic heterocycles. The number of thioether (sulfide) groups is 1. The van der Waals surface area contributed by atoms with Gasteiger partial charge >= 0.3 is 0 Å². The van der Waals surface area contributed by atoms with Gasteiger partial charge in [0.1, 0.15) is 5.82 Å². The van der Waals surface area contributed by atoms with Gasteiger partial charge in [-0.2, -0.15) is 0 Å². The zero-order valence-electron chi connectivity index (χ0n) is 15.9. The Balaban J connectivity index is 0.00000392. The van der Waals surface area contributed by atoms with Gasteiger partial charge in [0.05, 0.1) is 18.8 Å². The average molecular weight is 517 g/mol. The van der Waals surface area contributed by atoms with E-state index >= 15 is 0 Å². The van der Waals surface area contributed by atoms with Crippen LogP contribution in [-0.2, 0) is 11.3 Å². The lowest BCUT2D eigenvalue weighted by Gasteiger charge is -2.15. The monoisotopic (exact) mass is 517 g/mol. The molecule has 2 aromatic rings. The summed E-state index contributed by atoms with van der Waals surface area (Å²) in [6.45, 7) is 0.839. The van der Waals surface area contributed by atoms with Crippen molar-refractivity contribution in [1.82, 2.24) is 20.5 Å². The summed E-state index contributed by atoms with van der Waals surface area (Å²) < 4.78 is 13.7. The number of aromatic nitrogens is 1. The highest BCUT2D eigenvalue weighted by molar-refractivity contribution is 14.0. The van der Waals surface area contributed by atoms with E-state index in [2.05, 4.69) is 32.7 Å². The number of benzene rings is 1. The van der Waals surface area contributed by atoms with Crippen LogP contribution in [0.4, 0.5) is 4.39 Å². The van der Waals surface area contributed by atoms with Crippen molar-refractivity contribution in [1.29, 1.82) is 0 Å². The van der Waals surface area contributed by atoms with Crippen LogP contribution in [0.25, 0.3) is 0 Å². The minimum atomic E-state index is -0.399. The van der Waals surface area contributed by atoms with Crippen LogP contribution in [0.1, 0.15) is 5.69 Å². The van der Waals surface area contributed by atoms with E-state index in [-0.39, 0.29) is 48.7 Å². The summed E-state index contributed by atoms with van der Waals surface area (Å²) in [6, 6.07) is 13.0. The lowest BCUT2D eigenvalue weighted by atomic mass is 10.3. The summed E-state index contributed by atoms with van der Waals surface area (Å²) in [4.78, 5) is 22.8. The number of hydrogen-bond donors (Lipinski definition) is 2. The first-order valence-corrected chi connectivity index (χ1v) is 9.54. The Morgan fingerprint density at radius 2 is 1.93 bits per heavy atom. The molecule has 152 valence electrons. The molecule has 0 aliphatic heterocycles. The van der Waals surface area contributed by atoms with Gasteiger partial charge in [0.25, 0.3) is 0 Å². The quantitative estimate of drug-likeness (QED) is 0.185. The molecule has 0 saturated heterocycles. The molecule has 6 nitrogen and oxygen atoms in total. The summed E-state index contributed by atoms with van der Waals surface area (Å²) in [6.07, 6.45) is 1.53. The van der Waals surface area contributed by atoms with E-state index < -0.39 is 5.82 Å². The highest BCUT2D eigenvalue weighted by Crippen LogP contribution is 2.15. The van der Waals surface area contributed by atoms with Crippen LogP contribution in [0, 0.1) is 5.82 Å². The molecule has 0 unspecified atom stereocenters. The van der Waals surface area contributed by atoms with Gasteiger partial charge in [-0.15, -0.1) is 35.7 Å². The van der Waals surface area contributed by atoms with Crippen molar-refractivity contribution in [3.05, 3.63) is 60.2 Å². The maximum Gasteiger partial charge on any atom is 0.241 e. The van der Waals surface area contributed by atoms with Crippen molar-refractivity contribution in [2.45, 2.75) is 11.4 Å². The van der Waals surface area contributed by atoms with Gasteiger partial charge in [-0.05, 0) is 24.3 Å². The first-order chi connectivity index (χ1) is 13.1. The SMILES string of the molecule is CN(C)C(=O)CNC(=NCc1ncccc1F)NCCSc1ccccc1.I. The molecular weight excluding hydrogens is 492 g/mol. The predicted molar refractivity (Wildman–Crippen MR) is 123 cm³/mol. The van der Waals surface area contributed by atoms with Gasteiger partial charge in [0.15, 0.2) is 5.96 Å². The fourth-order valence-electron chi connectivity index (χ4n) is 2.04. The Hall–Kier alpha value is -1.88. The molecule has 0 radical (unpaired) electrons.